The second-order valence-corrected chi connectivity index (χ2v) is 3.13. The summed E-state index contributed by atoms with van der Waals surface area (Å²) >= 11 is 0. The number of aromatic amines is 1. The van der Waals surface area contributed by atoms with E-state index < -0.39 is 0 Å². The molecule has 0 radical (unpaired) electrons. The third kappa shape index (κ3) is 1.22. The number of aryl methyl sites for hydroxylation is 1. The van der Waals surface area contributed by atoms with Crippen LogP contribution in [0.25, 0.3) is 10.9 Å². The summed E-state index contributed by atoms with van der Waals surface area (Å²) in [4.78, 5) is 3.22. The number of H-pyrrole nitrogens is 1. The minimum atomic E-state index is 0.675. The number of ether oxygens (including phenoxy) is 1. The van der Waals surface area contributed by atoms with Gasteiger partial charge in [-0.25, -0.2) is 0 Å². The van der Waals surface area contributed by atoms with Crippen molar-refractivity contribution < 1.29 is 4.74 Å². The molecular formula is C10H12N2O. The predicted octanol–water partition coefficient (Wildman–Crippen LogP) is 2.07. The highest BCUT2D eigenvalue weighted by Gasteiger charge is 2.03. The van der Waals surface area contributed by atoms with Gasteiger partial charge in [-0.1, -0.05) is 0 Å². The molecule has 0 aliphatic rings. The molecule has 0 bridgehead atoms. The summed E-state index contributed by atoms with van der Waals surface area (Å²) in [6.45, 7) is 2.02. The lowest BCUT2D eigenvalue weighted by Crippen LogP contribution is -1.91. The summed E-state index contributed by atoms with van der Waals surface area (Å²) in [5, 5.41) is 1.12. The van der Waals surface area contributed by atoms with Crippen LogP contribution in [-0.2, 0) is 0 Å². The largest absolute Gasteiger partial charge is 0.495 e. The molecule has 2 aromatic rings. The Morgan fingerprint density at radius 2 is 2.08 bits per heavy atom. The smallest absolute Gasteiger partial charge is 0.143 e. The van der Waals surface area contributed by atoms with Gasteiger partial charge < -0.3 is 15.5 Å². The lowest BCUT2D eigenvalue weighted by atomic mass is 10.2. The third-order valence-corrected chi connectivity index (χ3v) is 2.11. The van der Waals surface area contributed by atoms with Gasteiger partial charge in [-0.15, -0.1) is 0 Å². The van der Waals surface area contributed by atoms with Gasteiger partial charge in [0.25, 0.3) is 0 Å². The molecule has 68 valence electrons. The summed E-state index contributed by atoms with van der Waals surface area (Å²) in [6.07, 6.45) is 0. The van der Waals surface area contributed by atoms with Crippen LogP contribution in [0.2, 0.25) is 0 Å². The number of methoxy groups -OCH3 is 1. The van der Waals surface area contributed by atoms with E-state index in [4.69, 9.17) is 10.5 Å². The number of aromatic nitrogens is 1. The van der Waals surface area contributed by atoms with Gasteiger partial charge in [0.05, 0.1) is 12.8 Å². The molecule has 2 rings (SSSR count). The van der Waals surface area contributed by atoms with Crippen molar-refractivity contribution in [1.29, 1.82) is 0 Å². The molecule has 0 saturated carbocycles. The van der Waals surface area contributed by atoms with E-state index in [1.165, 1.54) is 0 Å². The maximum atomic E-state index is 5.77. The van der Waals surface area contributed by atoms with Crippen LogP contribution in [-0.4, -0.2) is 12.1 Å². The fourth-order valence-electron chi connectivity index (χ4n) is 1.50. The van der Waals surface area contributed by atoms with E-state index >= 15 is 0 Å². The molecule has 13 heavy (non-hydrogen) atoms. The Bertz CT molecular complexity index is 445. The number of rotatable bonds is 1. The highest BCUT2D eigenvalue weighted by atomic mass is 16.5. The molecule has 1 heterocycles. The molecule has 1 aromatic carbocycles. The van der Waals surface area contributed by atoms with Crippen LogP contribution in [0.5, 0.6) is 5.75 Å². The van der Waals surface area contributed by atoms with Crippen LogP contribution >= 0.6 is 0 Å². The molecule has 0 fully saturated rings. The molecule has 0 atom stereocenters. The summed E-state index contributed by atoms with van der Waals surface area (Å²) in [5.41, 5.74) is 8.63. The van der Waals surface area contributed by atoms with E-state index in [0.717, 1.165) is 16.6 Å². The molecule has 0 saturated heterocycles. The quantitative estimate of drug-likeness (QED) is 0.653. The Labute approximate surface area is 76.5 Å². The Morgan fingerprint density at radius 1 is 1.31 bits per heavy atom. The molecule has 1 aromatic heterocycles. The number of anilines is 1. The predicted molar refractivity (Wildman–Crippen MR) is 54.0 cm³/mol. The Hall–Kier alpha value is -1.64. The summed E-state index contributed by atoms with van der Waals surface area (Å²) in [5.74, 6) is 0.717. The van der Waals surface area contributed by atoms with E-state index in [1.807, 2.05) is 19.1 Å². The van der Waals surface area contributed by atoms with Gasteiger partial charge in [0.15, 0.2) is 0 Å². The first-order valence-corrected chi connectivity index (χ1v) is 4.13. The molecule has 0 amide bonds. The maximum absolute atomic E-state index is 5.77. The summed E-state index contributed by atoms with van der Waals surface area (Å²) < 4.78 is 5.12. The summed E-state index contributed by atoms with van der Waals surface area (Å²) in [7, 11) is 1.62. The van der Waals surface area contributed by atoms with Crippen LogP contribution in [0.4, 0.5) is 5.69 Å². The maximum Gasteiger partial charge on any atom is 0.143 e. The molecule has 0 spiro atoms. The molecule has 3 nitrogen and oxygen atoms in total. The minimum absolute atomic E-state index is 0.675. The van der Waals surface area contributed by atoms with E-state index in [-0.39, 0.29) is 0 Å². The monoisotopic (exact) mass is 176 g/mol. The summed E-state index contributed by atoms with van der Waals surface area (Å²) in [6, 6.07) is 5.89. The average molecular weight is 176 g/mol. The van der Waals surface area contributed by atoms with Crippen molar-refractivity contribution in [3.8, 4) is 5.75 Å². The van der Waals surface area contributed by atoms with Crippen molar-refractivity contribution in [3.05, 3.63) is 23.9 Å². The van der Waals surface area contributed by atoms with Gasteiger partial charge in [0, 0.05) is 22.7 Å². The lowest BCUT2D eigenvalue weighted by Gasteiger charge is -2.03. The number of benzene rings is 1. The van der Waals surface area contributed by atoms with E-state index in [0.29, 0.717) is 11.4 Å². The number of fused-ring (bicyclic) bond motifs is 1. The zero-order chi connectivity index (χ0) is 9.42. The highest BCUT2D eigenvalue weighted by Crippen LogP contribution is 2.27. The average Bonchev–Trinajstić information content (AvgIpc) is 2.42. The lowest BCUT2D eigenvalue weighted by molar-refractivity contribution is 0.417. The Morgan fingerprint density at radius 3 is 2.77 bits per heavy atom. The van der Waals surface area contributed by atoms with Crippen LogP contribution < -0.4 is 10.5 Å². The molecule has 3 heteroatoms. The van der Waals surface area contributed by atoms with Crippen molar-refractivity contribution in [2.45, 2.75) is 6.92 Å². The van der Waals surface area contributed by atoms with E-state index in [9.17, 15) is 0 Å². The van der Waals surface area contributed by atoms with Gasteiger partial charge in [-0.2, -0.15) is 0 Å². The molecule has 0 aliphatic carbocycles. The van der Waals surface area contributed by atoms with Crippen LogP contribution in [0.1, 0.15) is 5.69 Å². The number of nitrogens with two attached hydrogens (primary N) is 1. The van der Waals surface area contributed by atoms with Crippen molar-refractivity contribution in [2.24, 2.45) is 0 Å². The number of hydrogen-bond donors (Lipinski definition) is 2. The third-order valence-electron chi connectivity index (χ3n) is 2.11. The first-order valence-electron chi connectivity index (χ1n) is 4.13. The second-order valence-electron chi connectivity index (χ2n) is 3.13. The zero-order valence-corrected chi connectivity index (χ0v) is 7.72. The Balaban J connectivity index is 2.72. The minimum Gasteiger partial charge on any atom is -0.495 e. The van der Waals surface area contributed by atoms with Gasteiger partial charge in [0.2, 0.25) is 0 Å². The van der Waals surface area contributed by atoms with E-state index in [2.05, 4.69) is 11.1 Å². The highest BCUT2D eigenvalue weighted by molar-refractivity contribution is 5.86. The van der Waals surface area contributed by atoms with Gasteiger partial charge >= 0.3 is 0 Å². The molecule has 3 N–H and O–H groups in total. The zero-order valence-electron chi connectivity index (χ0n) is 7.72. The van der Waals surface area contributed by atoms with Crippen LogP contribution in [0, 0.1) is 6.92 Å². The molecule has 0 unspecified atom stereocenters. The first-order chi connectivity index (χ1) is 6.20. The standard InChI is InChI=1S/C10H12N2O/c1-6-3-7-4-8(11)10(13-2)5-9(7)12-6/h3-5,12H,11H2,1-2H3. The van der Waals surface area contributed by atoms with Crippen molar-refractivity contribution in [1.82, 2.24) is 4.98 Å². The molecular weight excluding hydrogens is 164 g/mol. The van der Waals surface area contributed by atoms with Gasteiger partial charge in [0.1, 0.15) is 5.75 Å². The van der Waals surface area contributed by atoms with Gasteiger partial charge in [-0.3, -0.25) is 0 Å². The number of hydrogen-bond acceptors (Lipinski definition) is 2. The van der Waals surface area contributed by atoms with Crippen molar-refractivity contribution in [3.63, 3.8) is 0 Å². The normalized spacial score (nSPS) is 10.6. The number of nitrogen functional groups attached to an aromatic ring is 1. The fourth-order valence-corrected chi connectivity index (χ4v) is 1.50. The first kappa shape index (κ1) is 7.98. The van der Waals surface area contributed by atoms with Gasteiger partial charge in [-0.05, 0) is 19.1 Å². The van der Waals surface area contributed by atoms with Crippen LogP contribution in [0.3, 0.4) is 0 Å². The van der Waals surface area contributed by atoms with Crippen LogP contribution in [0.15, 0.2) is 18.2 Å². The van der Waals surface area contributed by atoms with E-state index in [1.54, 1.807) is 7.11 Å². The topological polar surface area (TPSA) is 51.0 Å². The second kappa shape index (κ2) is 2.69. The molecule has 0 aliphatic heterocycles. The van der Waals surface area contributed by atoms with Crippen molar-refractivity contribution in [2.75, 3.05) is 12.8 Å². The number of nitrogens with one attached hydrogen (secondary N) is 1. The SMILES string of the molecule is COc1cc2[nH]c(C)cc2cc1N. The Kier molecular flexibility index (Phi) is 1.65. The van der Waals surface area contributed by atoms with Crippen molar-refractivity contribution >= 4 is 16.6 Å². The fraction of sp³-hybridized carbons (Fsp3) is 0.200.